The molecule has 1 amide bonds. The maximum Gasteiger partial charge on any atom is 0.231 e. The van der Waals surface area contributed by atoms with Crippen LogP contribution in [-0.2, 0) is 11.2 Å². The lowest BCUT2D eigenvalue weighted by Gasteiger charge is -2.16. The fraction of sp³-hybridized carbons (Fsp3) is 0.300. The van der Waals surface area contributed by atoms with Gasteiger partial charge in [-0.3, -0.25) is 9.78 Å². The number of aromatic nitrogens is 3. The van der Waals surface area contributed by atoms with Crippen molar-refractivity contribution in [2.45, 2.75) is 25.7 Å². The Labute approximate surface area is 151 Å². The van der Waals surface area contributed by atoms with Crippen molar-refractivity contribution in [2.24, 2.45) is 0 Å². The van der Waals surface area contributed by atoms with Gasteiger partial charge in [0, 0.05) is 31.0 Å². The lowest BCUT2D eigenvalue weighted by molar-refractivity contribution is -0.129. The maximum absolute atomic E-state index is 12.6. The van der Waals surface area contributed by atoms with E-state index in [-0.39, 0.29) is 11.8 Å². The molecule has 3 heterocycles. The number of likely N-dealkylation sites (tertiary alicyclic amines) is 1. The third kappa shape index (κ3) is 3.49. The quantitative estimate of drug-likeness (QED) is 0.725. The van der Waals surface area contributed by atoms with Crippen LogP contribution in [0.1, 0.15) is 29.4 Å². The van der Waals surface area contributed by atoms with Crippen molar-refractivity contribution in [3.05, 3.63) is 65.8 Å². The zero-order valence-electron chi connectivity index (χ0n) is 14.6. The van der Waals surface area contributed by atoms with Gasteiger partial charge in [-0.25, -0.2) is 0 Å². The predicted molar refractivity (Wildman–Crippen MR) is 96.4 cm³/mol. The molecule has 6 heteroatoms. The topological polar surface area (TPSA) is 72.1 Å². The second-order valence-corrected chi connectivity index (χ2v) is 6.68. The van der Waals surface area contributed by atoms with E-state index in [0.29, 0.717) is 24.7 Å². The number of pyridine rings is 1. The van der Waals surface area contributed by atoms with Gasteiger partial charge in [-0.1, -0.05) is 35.0 Å². The van der Waals surface area contributed by atoms with Crippen LogP contribution >= 0.6 is 0 Å². The van der Waals surface area contributed by atoms with Gasteiger partial charge in [-0.15, -0.1) is 0 Å². The van der Waals surface area contributed by atoms with Gasteiger partial charge in [0.1, 0.15) is 0 Å². The second kappa shape index (κ2) is 7.07. The Morgan fingerprint density at radius 1 is 1.27 bits per heavy atom. The molecule has 1 aromatic carbocycles. The predicted octanol–water partition coefficient (Wildman–Crippen LogP) is 3.00. The SMILES string of the molecule is Cc1cccc(CC(=O)N2CC[C@H](c3nc(-c4ccncc4)no3)C2)c1. The minimum Gasteiger partial charge on any atom is -0.342 e. The van der Waals surface area contributed by atoms with Gasteiger partial charge in [0.2, 0.25) is 17.6 Å². The first kappa shape index (κ1) is 16.4. The number of benzene rings is 1. The molecule has 2 aromatic heterocycles. The van der Waals surface area contributed by atoms with Gasteiger partial charge in [0.25, 0.3) is 0 Å². The fourth-order valence-electron chi connectivity index (χ4n) is 3.32. The molecule has 1 aliphatic heterocycles. The Morgan fingerprint density at radius 2 is 2.12 bits per heavy atom. The molecular weight excluding hydrogens is 328 g/mol. The van der Waals surface area contributed by atoms with E-state index in [1.54, 1.807) is 12.4 Å². The summed E-state index contributed by atoms with van der Waals surface area (Å²) < 4.78 is 5.45. The highest BCUT2D eigenvalue weighted by Gasteiger charge is 2.31. The summed E-state index contributed by atoms with van der Waals surface area (Å²) in [6.45, 7) is 3.39. The molecule has 6 nitrogen and oxygen atoms in total. The molecule has 0 aliphatic carbocycles. The first-order chi connectivity index (χ1) is 12.7. The first-order valence-electron chi connectivity index (χ1n) is 8.76. The number of amides is 1. The van der Waals surface area contributed by atoms with Gasteiger partial charge >= 0.3 is 0 Å². The van der Waals surface area contributed by atoms with Crippen molar-refractivity contribution in [3.8, 4) is 11.4 Å². The van der Waals surface area contributed by atoms with Crippen molar-refractivity contribution >= 4 is 5.91 Å². The second-order valence-electron chi connectivity index (χ2n) is 6.68. The van der Waals surface area contributed by atoms with Gasteiger partial charge in [-0.2, -0.15) is 4.98 Å². The molecule has 3 aromatic rings. The van der Waals surface area contributed by atoms with Crippen LogP contribution in [0.5, 0.6) is 0 Å². The standard InChI is InChI=1S/C20H20N4O2/c1-14-3-2-4-15(11-14)12-18(25)24-10-7-17(13-24)20-22-19(23-26-20)16-5-8-21-9-6-16/h2-6,8-9,11,17H,7,10,12-13H2,1H3/t17-/m0/s1. The summed E-state index contributed by atoms with van der Waals surface area (Å²) in [6, 6.07) is 11.8. The number of aryl methyl sites for hydroxylation is 1. The lowest BCUT2D eigenvalue weighted by atomic mass is 10.1. The Kier molecular flexibility index (Phi) is 4.48. The molecule has 0 bridgehead atoms. The van der Waals surface area contributed by atoms with Crippen LogP contribution in [0.3, 0.4) is 0 Å². The van der Waals surface area contributed by atoms with E-state index in [0.717, 1.165) is 24.1 Å². The summed E-state index contributed by atoms with van der Waals surface area (Å²) in [6.07, 6.45) is 4.68. The molecule has 1 fully saturated rings. The normalized spacial score (nSPS) is 16.8. The monoisotopic (exact) mass is 348 g/mol. The number of rotatable bonds is 4. The van der Waals surface area contributed by atoms with Crippen LogP contribution in [0.2, 0.25) is 0 Å². The van der Waals surface area contributed by atoms with Crippen LogP contribution in [0.15, 0.2) is 53.3 Å². The Hall–Kier alpha value is -3.02. The molecule has 0 spiro atoms. The first-order valence-corrected chi connectivity index (χ1v) is 8.76. The summed E-state index contributed by atoms with van der Waals surface area (Å²) in [5.74, 6) is 1.40. The van der Waals surface area contributed by atoms with Crippen LogP contribution in [0.25, 0.3) is 11.4 Å². The van der Waals surface area contributed by atoms with Crippen molar-refractivity contribution in [3.63, 3.8) is 0 Å². The minimum absolute atomic E-state index is 0.0968. The molecule has 132 valence electrons. The van der Waals surface area contributed by atoms with E-state index < -0.39 is 0 Å². The molecule has 1 atom stereocenters. The zero-order valence-corrected chi connectivity index (χ0v) is 14.6. The average molecular weight is 348 g/mol. The van der Waals surface area contributed by atoms with Crippen molar-refractivity contribution < 1.29 is 9.32 Å². The molecule has 1 saturated heterocycles. The summed E-state index contributed by atoms with van der Waals surface area (Å²) in [4.78, 5) is 23.0. The van der Waals surface area contributed by atoms with E-state index in [9.17, 15) is 4.79 Å². The Morgan fingerprint density at radius 3 is 2.92 bits per heavy atom. The number of carbonyl (C=O) groups excluding carboxylic acids is 1. The summed E-state index contributed by atoms with van der Waals surface area (Å²) in [5, 5.41) is 4.06. The van der Waals surface area contributed by atoms with Crippen LogP contribution in [-0.4, -0.2) is 39.0 Å². The van der Waals surface area contributed by atoms with Crippen LogP contribution < -0.4 is 0 Å². The summed E-state index contributed by atoms with van der Waals surface area (Å²) in [5.41, 5.74) is 3.10. The van der Waals surface area contributed by atoms with Crippen LogP contribution in [0.4, 0.5) is 0 Å². The summed E-state index contributed by atoms with van der Waals surface area (Å²) in [7, 11) is 0. The molecule has 1 aliphatic rings. The van der Waals surface area contributed by atoms with Crippen molar-refractivity contribution in [2.75, 3.05) is 13.1 Å². The highest BCUT2D eigenvalue weighted by molar-refractivity contribution is 5.79. The van der Waals surface area contributed by atoms with E-state index in [1.165, 1.54) is 5.56 Å². The zero-order chi connectivity index (χ0) is 17.9. The molecule has 0 radical (unpaired) electrons. The molecule has 0 unspecified atom stereocenters. The van der Waals surface area contributed by atoms with Crippen molar-refractivity contribution in [1.29, 1.82) is 0 Å². The molecule has 26 heavy (non-hydrogen) atoms. The fourth-order valence-corrected chi connectivity index (χ4v) is 3.32. The average Bonchev–Trinajstić information content (AvgIpc) is 3.32. The third-order valence-corrected chi connectivity index (χ3v) is 4.71. The summed E-state index contributed by atoms with van der Waals surface area (Å²) >= 11 is 0. The Balaban J connectivity index is 1.41. The van der Waals surface area contributed by atoms with Gasteiger partial charge < -0.3 is 9.42 Å². The van der Waals surface area contributed by atoms with Gasteiger partial charge in [-0.05, 0) is 31.0 Å². The molecule has 4 rings (SSSR count). The Bertz CT molecular complexity index is 907. The highest BCUT2D eigenvalue weighted by Crippen LogP contribution is 2.28. The number of hydrogen-bond acceptors (Lipinski definition) is 5. The van der Waals surface area contributed by atoms with Crippen molar-refractivity contribution in [1.82, 2.24) is 20.0 Å². The maximum atomic E-state index is 12.6. The molecule has 0 N–H and O–H groups in total. The van der Waals surface area contributed by atoms with Gasteiger partial charge in [0.05, 0.1) is 12.3 Å². The lowest BCUT2D eigenvalue weighted by Crippen LogP contribution is -2.29. The highest BCUT2D eigenvalue weighted by atomic mass is 16.5. The van der Waals surface area contributed by atoms with Crippen LogP contribution in [0, 0.1) is 6.92 Å². The molecule has 0 saturated carbocycles. The number of carbonyl (C=O) groups is 1. The largest absolute Gasteiger partial charge is 0.342 e. The smallest absolute Gasteiger partial charge is 0.231 e. The van der Waals surface area contributed by atoms with E-state index >= 15 is 0 Å². The molecular formula is C20H20N4O2. The third-order valence-electron chi connectivity index (χ3n) is 4.71. The van der Waals surface area contributed by atoms with E-state index in [1.807, 2.05) is 42.2 Å². The van der Waals surface area contributed by atoms with Gasteiger partial charge in [0.15, 0.2) is 0 Å². The number of hydrogen-bond donors (Lipinski definition) is 0. The number of nitrogens with zero attached hydrogens (tertiary/aromatic N) is 4. The van der Waals surface area contributed by atoms with E-state index in [4.69, 9.17) is 4.52 Å². The van der Waals surface area contributed by atoms with E-state index in [2.05, 4.69) is 21.2 Å². The minimum atomic E-state index is 0.0968.